The van der Waals surface area contributed by atoms with Crippen LogP contribution in [-0.4, -0.2) is 37.3 Å². The lowest BCUT2D eigenvalue weighted by molar-refractivity contribution is 0.245. The monoisotopic (exact) mass is 332 g/mol. The smallest absolute Gasteiger partial charge is 0.319 e. The number of benzene rings is 1. The maximum Gasteiger partial charge on any atom is 0.319 e. The number of methoxy groups -OCH3 is 1. The summed E-state index contributed by atoms with van der Waals surface area (Å²) in [6.45, 7) is 1.47. The standard InChI is InChI=1S/C16H17ClN4O2/c1-23-14-6-5-11(17)8-13(14)20-16(22)19-12-9-21(10-12)15-4-2-3-7-18-15/h2-8,12H,9-10H2,1H3,(H2,19,20,22). The van der Waals surface area contributed by atoms with E-state index in [2.05, 4.69) is 20.5 Å². The highest BCUT2D eigenvalue weighted by Gasteiger charge is 2.28. The van der Waals surface area contributed by atoms with E-state index in [9.17, 15) is 4.79 Å². The average molecular weight is 333 g/mol. The molecule has 0 aliphatic carbocycles. The van der Waals surface area contributed by atoms with Crippen LogP contribution in [0.3, 0.4) is 0 Å². The lowest BCUT2D eigenvalue weighted by Gasteiger charge is -2.40. The predicted molar refractivity (Wildman–Crippen MR) is 90.4 cm³/mol. The van der Waals surface area contributed by atoms with E-state index in [1.54, 1.807) is 31.5 Å². The molecular formula is C16H17ClN4O2. The summed E-state index contributed by atoms with van der Waals surface area (Å²) in [5, 5.41) is 6.21. The molecule has 2 aromatic rings. The van der Waals surface area contributed by atoms with Crippen LogP contribution in [0.5, 0.6) is 5.75 Å². The van der Waals surface area contributed by atoms with Gasteiger partial charge in [-0.05, 0) is 30.3 Å². The van der Waals surface area contributed by atoms with Gasteiger partial charge in [0.1, 0.15) is 11.6 Å². The van der Waals surface area contributed by atoms with Crippen LogP contribution in [0.1, 0.15) is 0 Å². The maximum absolute atomic E-state index is 12.1. The summed E-state index contributed by atoms with van der Waals surface area (Å²) in [5.74, 6) is 1.48. The number of nitrogens with one attached hydrogen (secondary N) is 2. The quantitative estimate of drug-likeness (QED) is 0.903. The molecule has 23 heavy (non-hydrogen) atoms. The fraction of sp³-hybridized carbons (Fsp3) is 0.250. The molecule has 0 unspecified atom stereocenters. The molecule has 0 saturated carbocycles. The van der Waals surface area contributed by atoms with Crippen molar-refractivity contribution in [1.29, 1.82) is 0 Å². The zero-order valence-corrected chi connectivity index (χ0v) is 13.4. The predicted octanol–water partition coefficient (Wildman–Crippen LogP) is 2.75. The number of hydrogen-bond acceptors (Lipinski definition) is 4. The molecule has 2 N–H and O–H groups in total. The van der Waals surface area contributed by atoms with Crippen LogP contribution in [-0.2, 0) is 0 Å². The summed E-state index contributed by atoms with van der Waals surface area (Å²) >= 11 is 5.95. The highest BCUT2D eigenvalue weighted by atomic mass is 35.5. The molecule has 1 aliphatic heterocycles. The molecule has 6 nitrogen and oxygen atoms in total. The molecular weight excluding hydrogens is 316 g/mol. The number of ether oxygens (including phenoxy) is 1. The van der Waals surface area contributed by atoms with Crippen molar-refractivity contribution in [3.63, 3.8) is 0 Å². The first-order chi connectivity index (χ1) is 11.2. The summed E-state index contributed by atoms with van der Waals surface area (Å²) in [5.41, 5.74) is 0.540. The van der Waals surface area contributed by atoms with Gasteiger partial charge in [-0.25, -0.2) is 9.78 Å². The highest BCUT2D eigenvalue weighted by Crippen LogP contribution is 2.27. The summed E-state index contributed by atoms with van der Waals surface area (Å²) in [4.78, 5) is 18.5. The van der Waals surface area contributed by atoms with Gasteiger partial charge in [0.15, 0.2) is 0 Å². The van der Waals surface area contributed by atoms with Gasteiger partial charge >= 0.3 is 6.03 Å². The van der Waals surface area contributed by atoms with Crippen LogP contribution in [0.4, 0.5) is 16.3 Å². The molecule has 0 atom stereocenters. The van der Waals surface area contributed by atoms with Crippen LogP contribution in [0.25, 0.3) is 0 Å². The number of urea groups is 1. The zero-order valence-electron chi connectivity index (χ0n) is 12.6. The molecule has 1 aromatic carbocycles. The first kappa shape index (κ1) is 15.4. The highest BCUT2D eigenvalue weighted by molar-refractivity contribution is 6.31. The molecule has 0 spiro atoms. The Bertz CT molecular complexity index is 690. The third-order valence-corrected chi connectivity index (χ3v) is 3.83. The van der Waals surface area contributed by atoms with Crippen molar-refractivity contribution in [3.05, 3.63) is 47.6 Å². The summed E-state index contributed by atoms with van der Waals surface area (Å²) < 4.78 is 5.20. The molecule has 1 aliphatic rings. The van der Waals surface area contributed by atoms with Gasteiger partial charge in [-0.3, -0.25) is 0 Å². The Balaban J connectivity index is 1.52. The Morgan fingerprint density at radius 3 is 2.87 bits per heavy atom. The van der Waals surface area contributed by atoms with Crippen molar-refractivity contribution in [2.24, 2.45) is 0 Å². The summed E-state index contributed by atoms with van der Waals surface area (Å²) in [6.07, 6.45) is 1.76. The number of carbonyl (C=O) groups excluding carboxylic acids is 1. The van der Waals surface area contributed by atoms with Gasteiger partial charge in [0, 0.05) is 24.3 Å². The SMILES string of the molecule is COc1ccc(Cl)cc1NC(=O)NC1CN(c2ccccn2)C1. The van der Waals surface area contributed by atoms with Crippen LogP contribution >= 0.6 is 11.6 Å². The molecule has 2 amide bonds. The second-order valence-electron chi connectivity index (χ2n) is 5.23. The summed E-state index contributed by atoms with van der Waals surface area (Å²) in [6, 6.07) is 10.7. The molecule has 7 heteroatoms. The molecule has 1 fully saturated rings. The third kappa shape index (κ3) is 3.65. The number of aromatic nitrogens is 1. The number of rotatable bonds is 4. The van der Waals surface area contributed by atoms with E-state index in [-0.39, 0.29) is 12.1 Å². The van der Waals surface area contributed by atoms with Crippen molar-refractivity contribution in [1.82, 2.24) is 10.3 Å². The first-order valence-electron chi connectivity index (χ1n) is 7.23. The maximum atomic E-state index is 12.1. The zero-order chi connectivity index (χ0) is 16.2. The number of anilines is 2. The van der Waals surface area contributed by atoms with Crippen molar-refractivity contribution < 1.29 is 9.53 Å². The molecule has 1 aromatic heterocycles. The Morgan fingerprint density at radius 1 is 1.35 bits per heavy atom. The lowest BCUT2D eigenvalue weighted by Crippen LogP contribution is -2.60. The number of carbonyl (C=O) groups is 1. The Labute approximate surface area is 139 Å². The van der Waals surface area contributed by atoms with Gasteiger partial charge in [0.05, 0.1) is 18.8 Å². The van der Waals surface area contributed by atoms with Gasteiger partial charge in [0.2, 0.25) is 0 Å². The molecule has 2 heterocycles. The molecule has 120 valence electrons. The van der Waals surface area contributed by atoms with Gasteiger partial charge in [-0.2, -0.15) is 0 Å². The average Bonchev–Trinajstić information content (AvgIpc) is 2.51. The number of nitrogens with zero attached hydrogens (tertiary/aromatic N) is 2. The van der Waals surface area contributed by atoms with E-state index < -0.39 is 0 Å². The molecule has 0 bridgehead atoms. The Morgan fingerprint density at radius 2 is 2.17 bits per heavy atom. The fourth-order valence-electron chi connectivity index (χ4n) is 2.42. The van der Waals surface area contributed by atoms with Crippen LogP contribution in [0.15, 0.2) is 42.6 Å². The van der Waals surface area contributed by atoms with Gasteiger partial charge in [-0.1, -0.05) is 17.7 Å². The van der Waals surface area contributed by atoms with E-state index in [0.29, 0.717) is 16.5 Å². The number of pyridine rings is 1. The number of hydrogen-bond donors (Lipinski definition) is 2. The lowest BCUT2D eigenvalue weighted by atomic mass is 10.1. The van der Waals surface area contributed by atoms with Gasteiger partial charge < -0.3 is 20.3 Å². The third-order valence-electron chi connectivity index (χ3n) is 3.60. The van der Waals surface area contributed by atoms with E-state index in [0.717, 1.165) is 18.9 Å². The second-order valence-corrected chi connectivity index (χ2v) is 5.67. The number of halogens is 1. The number of amides is 2. The van der Waals surface area contributed by atoms with Crippen LogP contribution in [0, 0.1) is 0 Å². The molecule has 1 saturated heterocycles. The molecule has 0 radical (unpaired) electrons. The molecule has 3 rings (SSSR count). The minimum absolute atomic E-state index is 0.0854. The van der Waals surface area contributed by atoms with Crippen LogP contribution in [0.2, 0.25) is 5.02 Å². The van der Waals surface area contributed by atoms with Crippen molar-refractivity contribution in [2.75, 3.05) is 30.4 Å². The largest absolute Gasteiger partial charge is 0.495 e. The Kier molecular flexibility index (Phi) is 4.52. The second kappa shape index (κ2) is 6.75. The minimum Gasteiger partial charge on any atom is -0.495 e. The van der Waals surface area contributed by atoms with Crippen molar-refractivity contribution in [2.45, 2.75) is 6.04 Å². The summed E-state index contributed by atoms with van der Waals surface area (Å²) in [7, 11) is 1.54. The minimum atomic E-state index is -0.281. The normalized spacial score (nSPS) is 14.1. The van der Waals surface area contributed by atoms with Crippen molar-refractivity contribution >= 4 is 29.1 Å². The van der Waals surface area contributed by atoms with Crippen molar-refractivity contribution in [3.8, 4) is 5.75 Å². The fourth-order valence-corrected chi connectivity index (χ4v) is 2.59. The van der Waals surface area contributed by atoms with Crippen LogP contribution < -0.4 is 20.3 Å². The van der Waals surface area contributed by atoms with E-state index >= 15 is 0 Å². The van der Waals surface area contributed by atoms with Gasteiger partial charge in [-0.15, -0.1) is 0 Å². The Hall–Kier alpha value is -2.47. The van der Waals surface area contributed by atoms with E-state index in [1.165, 1.54) is 0 Å². The van der Waals surface area contributed by atoms with E-state index in [4.69, 9.17) is 16.3 Å². The van der Waals surface area contributed by atoms with E-state index in [1.807, 2.05) is 18.2 Å². The first-order valence-corrected chi connectivity index (χ1v) is 7.60. The van der Waals surface area contributed by atoms with Gasteiger partial charge in [0.25, 0.3) is 0 Å². The topological polar surface area (TPSA) is 66.5 Å².